The zero-order valence-electron chi connectivity index (χ0n) is 11.7. The van der Waals surface area contributed by atoms with Crippen molar-refractivity contribution in [3.05, 3.63) is 54.1 Å². The van der Waals surface area contributed by atoms with Crippen molar-refractivity contribution < 1.29 is 19.0 Å². The maximum atomic E-state index is 12.0. The second-order valence-corrected chi connectivity index (χ2v) is 4.22. The lowest BCUT2D eigenvalue weighted by Gasteiger charge is -2.11. The molecular formula is C16H17NO4. The Hall–Kier alpha value is -2.69. The summed E-state index contributed by atoms with van der Waals surface area (Å²) >= 11 is 0. The van der Waals surface area contributed by atoms with Crippen molar-refractivity contribution in [1.82, 2.24) is 0 Å². The molecule has 0 heterocycles. The van der Waals surface area contributed by atoms with Gasteiger partial charge in [-0.05, 0) is 24.3 Å². The Balaban J connectivity index is 1.88. The molecule has 0 aliphatic carbocycles. The largest absolute Gasteiger partial charge is 0.496 e. The molecule has 2 aromatic carbocycles. The number of para-hydroxylation sites is 1. The van der Waals surface area contributed by atoms with E-state index in [2.05, 4.69) is 0 Å². The second-order valence-electron chi connectivity index (χ2n) is 4.22. The molecule has 0 atom stereocenters. The number of ether oxygens (including phenoxy) is 3. The van der Waals surface area contributed by atoms with E-state index in [1.807, 2.05) is 30.3 Å². The molecule has 110 valence electrons. The molecule has 0 radical (unpaired) electrons. The number of carbonyl (C=O) groups is 1. The highest BCUT2D eigenvalue weighted by atomic mass is 16.6. The molecular weight excluding hydrogens is 270 g/mol. The van der Waals surface area contributed by atoms with Crippen LogP contribution in [0.5, 0.6) is 11.5 Å². The number of rotatable bonds is 6. The molecule has 0 unspecified atom stereocenters. The molecule has 5 nitrogen and oxygen atoms in total. The molecule has 0 aromatic heterocycles. The zero-order chi connectivity index (χ0) is 15.1. The van der Waals surface area contributed by atoms with E-state index in [9.17, 15) is 4.79 Å². The van der Waals surface area contributed by atoms with Crippen LogP contribution in [0.2, 0.25) is 0 Å². The van der Waals surface area contributed by atoms with Gasteiger partial charge in [-0.25, -0.2) is 4.79 Å². The van der Waals surface area contributed by atoms with E-state index in [-0.39, 0.29) is 18.8 Å². The van der Waals surface area contributed by atoms with Gasteiger partial charge in [0.2, 0.25) is 0 Å². The number of nitrogen functional groups attached to an aromatic ring is 1. The topological polar surface area (TPSA) is 70.8 Å². The smallest absolute Gasteiger partial charge is 0.344 e. The Bertz CT molecular complexity index is 598. The van der Waals surface area contributed by atoms with Crippen molar-refractivity contribution in [2.24, 2.45) is 0 Å². The van der Waals surface area contributed by atoms with Crippen LogP contribution >= 0.6 is 0 Å². The number of nitrogens with two attached hydrogens (primary N) is 1. The van der Waals surface area contributed by atoms with Gasteiger partial charge in [0.1, 0.15) is 30.3 Å². The van der Waals surface area contributed by atoms with Crippen molar-refractivity contribution in [2.75, 3.05) is 26.1 Å². The molecule has 0 aliphatic heterocycles. The van der Waals surface area contributed by atoms with Gasteiger partial charge in [-0.15, -0.1) is 0 Å². The number of carbonyl (C=O) groups excluding carboxylic acids is 1. The molecule has 0 saturated carbocycles. The molecule has 0 saturated heterocycles. The third-order valence-electron chi connectivity index (χ3n) is 2.81. The van der Waals surface area contributed by atoms with Crippen molar-refractivity contribution in [2.45, 2.75) is 0 Å². The normalized spacial score (nSPS) is 9.95. The Kier molecular flexibility index (Phi) is 5.04. The van der Waals surface area contributed by atoms with Crippen LogP contribution in [0, 0.1) is 0 Å². The average Bonchev–Trinajstić information content (AvgIpc) is 2.52. The Labute approximate surface area is 123 Å². The van der Waals surface area contributed by atoms with E-state index in [0.717, 1.165) is 5.75 Å². The summed E-state index contributed by atoms with van der Waals surface area (Å²) in [5.74, 6) is 0.593. The van der Waals surface area contributed by atoms with Crippen LogP contribution in [0.25, 0.3) is 0 Å². The third kappa shape index (κ3) is 3.89. The summed E-state index contributed by atoms with van der Waals surface area (Å²) in [5.41, 5.74) is 6.34. The SMILES string of the molecule is COc1cccc(N)c1C(=O)OCCOc1ccccc1. The Morgan fingerprint density at radius 1 is 1.05 bits per heavy atom. The van der Waals surface area contributed by atoms with Crippen LogP contribution in [0.4, 0.5) is 5.69 Å². The summed E-state index contributed by atoms with van der Waals surface area (Å²) in [5, 5.41) is 0. The molecule has 2 N–H and O–H groups in total. The van der Waals surface area contributed by atoms with Crippen molar-refractivity contribution >= 4 is 11.7 Å². The van der Waals surface area contributed by atoms with Crippen molar-refractivity contribution in [3.8, 4) is 11.5 Å². The molecule has 0 amide bonds. The summed E-state index contributed by atoms with van der Waals surface area (Å²) in [6.45, 7) is 0.399. The van der Waals surface area contributed by atoms with Gasteiger partial charge in [-0.1, -0.05) is 24.3 Å². The first kappa shape index (κ1) is 14.7. The monoisotopic (exact) mass is 287 g/mol. The minimum Gasteiger partial charge on any atom is -0.496 e. The highest BCUT2D eigenvalue weighted by Gasteiger charge is 2.17. The molecule has 0 bridgehead atoms. The maximum absolute atomic E-state index is 12.0. The van der Waals surface area contributed by atoms with Gasteiger partial charge < -0.3 is 19.9 Å². The first-order valence-corrected chi connectivity index (χ1v) is 6.50. The van der Waals surface area contributed by atoms with Crippen molar-refractivity contribution in [1.29, 1.82) is 0 Å². The molecule has 0 aliphatic rings. The summed E-state index contributed by atoms with van der Waals surface area (Å²) in [4.78, 5) is 12.0. The minimum absolute atomic E-state index is 0.130. The minimum atomic E-state index is -0.526. The van der Waals surface area contributed by atoms with E-state index in [4.69, 9.17) is 19.9 Å². The van der Waals surface area contributed by atoms with Gasteiger partial charge in [-0.2, -0.15) is 0 Å². The first-order chi connectivity index (χ1) is 10.2. The maximum Gasteiger partial charge on any atom is 0.344 e. The van der Waals surface area contributed by atoms with E-state index in [1.54, 1.807) is 18.2 Å². The van der Waals surface area contributed by atoms with E-state index in [0.29, 0.717) is 11.4 Å². The quantitative estimate of drug-likeness (QED) is 0.502. The molecule has 21 heavy (non-hydrogen) atoms. The van der Waals surface area contributed by atoms with Gasteiger partial charge in [-0.3, -0.25) is 0 Å². The highest BCUT2D eigenvalue weighted by molar-refractivity contribution is 5.98. The number of hydrogen-bond donors (Lipinski definition) is 1. The van der Waals surface area contributed by atoms with E-state index in [1.165, 1.54) is 7.11 Å². The lowest BCUT2D eigenvalue weighted by atomic mass is 10.1. The standard InChI is InChI=1S/C16H17NO4/c1-19-14-9-5-8-13(17)15(14)16(18)21-11-10-20-12-6-3-2-4-7-12/h2-9H,10-11,17H2,1H3. The van der Waals surface area contributed by atoms with Crippen LogP contribution in [-0.4, -0.2) is 26.3 Å². The van der Waals surface area contributed by atoms with Crippen LogP contribution in [0.1, 0.15) is 10.4 Å². The fourth-order valence-electron chi connectivity index (χ4n) is 1.82. The van der Waals surface area contributed by atoms with Crippen molar-refractivity contribution in [3.63, 3.8) is 0 Å². The van der Waals surface area contributed by atoms with Gasteiger partial charge in [0.25, 0.3) is 0 Å². The number of anilines is 1. The zero-order valence-corrected chi connectivity index (χ0v) is 11.7. The van der Waals surface area contributed by atoms with Crippen LogP contribution in [-0.2, 0) is 4.74 Å². The molecule has 0 spiro atoms. The Morgan fingerprint density at radius 3 is 2.52 bits per heavy atom. The number of hydrogen-bond acceptors (Lipinski definition) is 5. The van der Waals surface area contributed by atoms with Gasteiger partial charge in [0.05, 0.1) is 7.11 Å². The molecule has 0 fully saturated rings. The van der Waals surface area contributed by atoms with Gasteiger partial charge >= 0.3 is 5.97 Å². The van der Waals surface area contributed by atoms with E-state index < -0.39 is 5.97 Å². The fraction of sp³-hybridized carbons (Fsp3) is 0.188. The second kappa shape index (κ2) is 7.19. The van der Waals surface area contributed by atoms with E-state index >= 15 is 0 Å². The molecule has 2 rings (SSSR count). The highest BCUT2D eigenvalue weighted by Crippen LogP contribution is 2.24. The summed E-state index contributed by atoms with van der Waals surface area (Å²) in [6, 6.07) is 14.3. The first-order valence-electron chi connectivity index (χ1n) is 6.50. The predicted octanol–water partition coefficient (Wildman–Crippen LogP) is 2.51. The molecule has 2 aromatic rings. The fourth-order valence-corrected chi connectivity index (χ4v) is 1.82. The van der Waals surface area contributed by atoms with Crippen LogP contribution in [0.3, 0.4) is 0 Å². The van der Waals surface area contributed by atoms with Gasteiger partial charge in [0.15, 0.2) is 0 Å². The third-order valence-corrected chi connectivity index (χ3v) is 2.81. The lowest BCUT2D eigenvalue weighted by Crippen LogP contribution is -2.14. The summed E-state index contributed by atoms with van der Waals surface area (Å²) < 4.78 is 15.7. The molecule has 5 heteroatoms. The predicted molar refractivity (Wildman–Crippen MR) is 79.6 cm³/mol. The summed E-state index contributed by atoms with van der Waals surface area (Å²) in [6.07, 6.45) is 0. The summed E-state index contributed by atoms with van der Waals surface area (Å²) in [7, 11) is 1.48. The van der Waals surface area contributed by atoms with Gasteiger partial charge in [0, 0.05) is 5.69 Å². The average molecular weight is 287 g/mol. The number of methoxy groups -OCH3 is 1. The van der Waals surface area contributed by atoms with Crippen LogP contribution < -0.4 is 15.2 Å². The number of esters is 1. The lowest BCUT2D eigenvalue weighted by molar-refractivity contribution is 0.0448. The Morgan fingerprint density at radius 2 is 1.81 bits per heavy atom. The van der Waals surface area contributed by atoms with Crippen LogP contribution in [0.15, 0.2) is 48.5 Å². The number of benzene rings is 2.